The van der Waals surface area contributed by atoms with E-state index in [2.05, 4.69) is 27.8 Å². The van der Waals surface area contributed by atoms with E-state index in [4.69, 9.17) is 10.2 Å². The maximum atomic E-state index is 5.69. The lowest BCUT2D eigenvalue weighted by Gasteiger charge is -2.04. The number of nitrogens with zero attached hydrogens (tertiary/aromatic N) is 1. The number of hydrogen-bond donors (Lipinski definition) is 1. The van der Waals surface area contributed by atoms with Gasteiger partial charge in [0.05, 0.1) is 4.47 Å². The van der Waals surface area contributed by atoms with Gasteiger partial charge < -0.3 is 10.2 Å². The Bertz CT molecular complexity index is 481. The summed E-state index contributed by atoms with van der Waals surface area (Å²) in [6, 6.07) is 5.88. The minimum atomic E-state index is 0.512. The molecule has 2 rings (SSSR count). The van der Waals surface area contributed by atoms with Gasteiger partial charge in [0.1, 0.15) is 5.52 Å². The molecule has 0 fully saturated rings. The number of aromatic nitrogens is 1. The lowest BCUT2D eigenvalue weighted by molar-refractivity contribution is 0.471. The Kier molecular flexibility index (Phi) is 3.61. The number of hydrogen-bond acceptors (Lipinski definition) is 3. The number of oxazole rings is 1. The van der Waals surface area contributed by atoms with Gasteiger partial charge in [0, 0.05) is 6.42 Å². The summed E-state index contributed by atoms with van der Waals surface area (Å²) >= 11 is 3.45. The lowest BCUT2D eigenvalue weighted by atomic mass is 10.1. The predicted molar refractivity (Wildman–Crippen MR) is 68.2 cm³/mol. The van der Waals surface area contributed by atoms with Crippen molar-refractivity contribution < 1.29 is 4.42 Å². The quantitative estimate of drug-likeness (QED) is 0.938. The summed E-state index contributed by atoms with van der Waals surface area (Å²) in [4.78, 5) is 4.44. The first-order valence-corrected chi connectivity index (χ1v) is 6.24. The normalized spacial score (nSPS) is 13.2. The van der Waals surface area contributed by atoms with Crippen molar-refractivity contribution in [3.05, 3.63) is 28.6 Å². The second-order valence-electron chi connectivity index (χ2n) is 4.08. The van der Waals surface area contributed by atoms with Crippen LogP contribution in [-0.2, 0) is 6.42 Å². The summed E-state index contributed by atoms with van der Waals surface area (Å²) in [5.41, 5.74) is 7.32. The van der Waals surface area contributed by atoms with Crippen LogP contribution in [0.15, 0.2) is 27.1 Å². The highest BCUT2D eigenvalue weighted by atomic mass is 79.9. The summed E-state index contributed by atoms with van der Waals surface area (Å²) < 4.78 is 6.65. The van der Waals surface area contributed by atoms with E-state index in [9.17, 15) is 0 Å². The van der Waals surface area contributed by atoms with E-state index < -0.39 is 0 Å². The third-order valence-corrected chi connectivity index (χ3v) is 3.29. The molecule has 0 saturated heterocycles. The Labute approximate surface area is 103 Å². The molecule has 1 atom stereocenters. The van der Waals surface area contributed by atoms with Crippen molar-refractivity contribution >= 4 is 27.0 Å². The fraction of sp³-hybridized carbons (Fsp3) is 0.417. The minimum Gasteiger partial charge on any atom is -0.440 e. The van der Waals surface area contributed by atoms with Crippen LogP contribution in [0.5, 0.6) is 0 Å². The van der Waals surface area contributed by atoms with Crippen molar-refractivity contribution in [1.82, 2.24) is 4.98 Å². The van der Waals surface area contributed by atoms with Crippen molar-refractivity contribution in [3.8, 4) is 0 Å². The first-order chi connectivity index (χ1) is 7.70. The summed E-state index contributed by atoms with van der Waals surface area (Å²) in [6.45, 7) is 2.85. The van der Waals surface area contributed by atoms with Gasteiger partial charge in [0.25, 0.3) is 0 Å². The van der Waals surface area contributed by atoms with E-state index in [0.717, 1.165) is 34.3 Å². The van der Waals surface area contributed by atoms with Crippen LogP contribution in [0.2, 0.25) is 0 Å². The first-order valence-electron chi connectivity index (χ1n) is 5.44. The molecule has 0 aliphatic rings. The van der Waals surface area contributed by atoms with Gasteiger partial charge in [0.15, 0.2) is 11.5 Å². The minimum absolute atomic E-state index is 0.512. The van der Waals surface area contributed by atoms with Crippen molar-refractivity contribution in [3.63, 3.8) is 0 Å². The summed E-state index contributed by atoms with van der Waals surface area (Å²) in [6.07, 6.45) is 1.86. The van der Waals surface area contributed by atoms with Gasteiger partial charge in [-0.05, 0) is 46.9 Å². The van der Waals surface area contributed by atoms with Gasteiger partial charge in [-0.2, -0.15) is 0 Å². The molecule has 2 N–H and O–H groups in total. The highest BCUT2D eigenvalue weighted by molar-refractivity contribution is 9.10. The maximum absolute atomic E-state index is 5.69. The standard InChI is InChI=1S/C12H15BrN2O/c1-8(7-14)5-6-11-15-10-4-2-3-9(13)12(10)16-11/h2-4,8H,5-7,14H2,1H3. The fourth-order valence-corrected chi connectivity index (χ4v) is 1.99. The Balaban J connectivity index is 2.17. The maximum Gasteiger partial charge on any atom is 0.195 e. The smallest absolute Gasteiger partial charge is 0.195 e. The zero-order chi connectivity index (χ0) is 11.5. The van der Waals surface area contributed by atoms with Crippen LogP contribution >= 0.6 is 15.9 Å². The molecule has 4 heteroatoms. The number of fused-ring (bicyclic) bond motifs is 1. The summed E-state index contributed by atoms with van der Waals surface area (Å²) in [7, 11) is 0. The number of halogens is 1. The molecule has 0 aliphatic heterocycles. The Morgan fingerprint density at radius 3 is 3.00 bits per heavy atom. The monoisotopic (exact) mass is 282 g/mol. The molecular weight excluding hydrogens is 268 g/mol. The van der Waals surface area contributed by atoms with Crippen LogP contribution in [0.4, 0.5) is 0 Å². The molecule has 0 aliphatic carbocycles. The third-order valence-electron chi connectivity index (χ3n) is 2.66. The van der Waals surface area contributed by atoms with Crippen molar-refractivity contribution in [1.29, 1.82) is 0 Å². The van der Waals surface area contributed by atoms with E-state index in [1.807, 2.05) is 18.2 Å². The highest BCUT2D eigenvalue weighted by Gasteiger charge is 2.09. The van der Waals surface area contributed by atoms with Gasteiger partial charge in [0.2, 0.25) is 0 Å². The molecule has 0 amide bonds. The Morgan fingerprint density at radius 2 is 2.31 bits per heavy atom. The van der Waals surface area contributed by atoms with E-state index >= 15 is 0 Å². The number of nitrogens with two attached hydrogens (primary N) is 1. The van der Waals surface area contributed by atoms with Crippen LogP contribution in [0, 0.1) is 5.92 Å². The SMILES string of the molecule is CC(CN)CCc1nc2cccc(Br)c2o1. The molecule has 0 saturated carbocycles. The van der Waals surface area contributed by atoms with Gasteiger partial charge >= 0.3 is 0 Å². The Morgan fingerprint density at radius 1 is 1.50 bits per heavy atom. The van der Waals surface area contributed by atoms with Gasteiger partial charge in [-0.25, -0.2) is 4.98 Å². The Hall–Kier alpha value is -0.870. The zero-order valence-corrected chi connectivity index (χ0v) is 10.8. The van der Waals surface area contributed by atoms with Gasteiger partial charge in [-0.15, -0.1) is 0 Å². The van der Waals surface area contributed by atoms with E-state index in [0.29, 0.717) is 12.5 Å². The fourth-order valence-electron chi connectivity index (χ4n) is 1.56. The van der Waals surface area contributed by atoms with E-state index in [1.165, 1.54) is 0 Å². The van der Waals surface area contributed by atoms with Gasteiger partial charge in [-0.3, -0.25) is 0 Å². The van der Waals surface area contributed by atoms with Gasteiger partial charge in [-0.1, -0.05) is 13.0 Å². The molecule has 1 aromatic heterocycles. The molecule has 0 spiro atoms. The first kappa shape index (κ1) is 11.6. The molecule has 0 radical (unpaired) electrons. The number of benzene rings is 1. The predicted octanol–water partition coefficient (Wildman–Crippen LogP) is 3.12. The van der Waals surface area contributed by atoms with Crippen LogP contribution < -0.4 is 5.73 Å². The van der Waals surface area contributed by atoms with Crippen LogP contribution in [-0.4, -0.2) is 11.5 Å². The molecule has 1 aromatic carbocycles. The van der Waals surface area contributed by atoms with Crippen molar-refractivity contribution in [2.24, 2.45) is 11.7 Å². The van der Waals surface area contributed by atoms with Crippen LogP contribution in [0.1, 0.15) is 19.2 Å². The average molecular weight is 283 g/mol. The van der Waals surface area contributed by atoms with E-state index in [1.54, 1.807) is 0 Å². The zero-order valence-electron chi connectivity index (χ0n) is 9.24. The molecule has 1 unspecified atom stereocenters. The molecule has 86 valence electrons. The molecule has 2 aromatic rings. The molecular formula is C12H15BrN2O. The number of rotatable bonds is 4. The van der Waals surface area contributed by atoms with E-state index in [-0.39, 0.29) is 0 Å². The van der Waals surface area contributed by atoms with Crippen LogP contribution in [0.3, 0.4) is 0 Å². The molecule has 1 heterocycles. The number of para-hydroxylation sites is 1. The summed E-state index contributed by atoms with van der Waals surface area (Å²) in [5, 5.41) is 0. The lowest BCUT2D eigenvalue weighted by Crippen LogP contribution is -2.11. The largest absolute Gasteiger partial charge is 0.440 e. The second kappa shape index (κ2) is 4.97. The summed E-state index contributed by atoms with van der Waals surface area (Å²) in [5.74, 6) is 1.31. The highest BCUT2D eigenvalue weighted by Crippen LogP contribution is 2.25. The van der Waals surface area contributed by atoms with Crippen LogP contribution in [0.25, 0.3) is 11.1 Å². The second-order valence-corrected chi connectivity index (χ2v) is 4.93. The number of aryl methyl sites for hydroxylation is 1. The molecule has 0 bridgehead atoms. The topological polar surface area (TPSA) is 52.0 Å². The molecule has 3 nitrogen and oxygen atoms in total. The third kappa shape index (κ3) is 2.44. The average Bonchev–Trinajstić information content (AvgIpc) is 2.70. The molecule has 16 heavy (non-hydrogen) atoms. The van der Waals surface area contributed by atoms with Crippen molar-refractivity contribution in [2.75, 3.05) is 6.54 Å². The van der Waals surface area contributed by atoms with Crippen molar-refractivity contribution in [2.45, 2.75) is 19.8 Å².